The number of amides is 1. The highest BCUT2D eigenvalue weighted by Crippen LogP contribution is 2.26. The van der Waals surface area contributed by atoms with E-state index in [2.05, 4.69) is 19.9 Å². The molecule has 3 N–H and O–H groups in total. The number of pyridine rings is 1. The number of hydrogen-bond acceptors (Lipinski definition) is 5. The van der Waals surface area contributed by atoms with Gasteiger partial charge in [-0.3, -0.25) is 4.79 Å². The lowest BCUT2D eigenvalue weighted by atomic mass is 10.1. The third kappa shape index (κ3) is 3.10. The molecule has 0 aromatic carbocycles. The number of nitrogens with zero attached hydrogens (tertiary/aromatic N) is 4. The summed E-state index contributed by atoms with van der Waals surface area (Å²) in [7, 11) is 1.77. The number of aromatic amines is 1. The molecular formula is C17H18N6O. The maximum Gasteiger partial charge on any atom is 0.246 e. The van der Waals surface area contributed by atoms with Crippen LogP contribution in [0.1, 0.15) is 24.1 Å². The lowest BCUT2D eigenvalue weighted by Crippen LogP contribution is -2.27. The number of carbonyl (C=O) groups is 1. The Hall–Kier alpha value is -3.22. The van der Waals surface area contributed by atoms with Crippen LogP contribution >= 0.6 is 0 Å². The molecular weight excluding hydrogens is 304 g/mol. The number of anilines is 1. The molecule has 24 heavy (non-hydrogen) atoms. The van der Waals surface area contributed by atoms with E-state index in [0.717, 1.165) is 22.2 Å². The molecule has 122 valence electrons. The monoisotopic (exact) mass is 322 g/mol. The number of hydrogen-bond donors (Lipinski definition) is 2. The number of H-pyrrole nitrogens is 1. The molecule has 0 aliphatic carbocycles. The Morgan fingerprint density at radius 3 is 2.83 bits per heavy atom. The highest BCUT2D eigenvalue weighted by atomic mass is 16.2. The van der Waals surface area contributed by atoms with E-state index in [1.165, 1.54) is 6.08 Å². The summed E-state index contributed by atoms with van der Waals surface area (Å²) in [5.41, 5.74) is 8.00. The largest absolute Gasteiger partial charge is 0.368 e. The van der Waals surface area contributed by atoms with Crippen LogP contribution in [0, 0.1) is 0 Å². The highest BCUT2D eigenvalue weighted by Gasteiger charge is 2.18. The first kappa shape index (κ1) is 15.7. The van der Waals surface area contributed by atoms with Gasteiger partial charge in [0.05, 0.1) is 6.04 Å². The molecule has 1 amide bonds. The summed E-state index contributed by atoms with van der Waals surface area (Å²) in [5, 5.41) is 1.01. The van der Waals surface area contributed by atoms with Crippen LogP contribution in [0.25, 0.3) is 17.1 Å². The van der Waals surface area contributed by atoms with Crippen LogP contribution in [0.5, 0.6) is 0 Å². The molecule has 0 aliphatic heterocycles. The van der Waals surface area contributed by atoms with Gasteiger partial charge in [0.15, 0.2) is 0 Å². The topological polar surface area (TPSA) is 101 Å². The van der Waals surface area contributed by atoms with Gasteiger partial charge in [-0.25, -0.2) is 15.0 Å². The van der Waals surface area contributed by atoms with E-state index in [1.54, 1.807) is 36.6 Å². The second kappa shape index (κ2) is 6.49. The first-order chi connectivity index (χ1) is 11.6. The lowest BCUT2D eigenvalue weighted by molar-refractivity contribution is -0.126. The van der Waals surface area contributed by atoms with E-state index < -0.39 is 0 Å². The number of fused-ring (bicyclic) bond motifs is 1. The molecule has 3 aromatic rings. The zero-order valence-corrected chi connectivity index (χ0v) is 13.5. The predicted octanol–water partition coefficient (Wildman–Crippen LogP) is 2.17. The maximum atomic E-state index is 12.4. The predicted molar refractivity (Wildman–Crippen MR) is 92.8 cm³/mol. The van der Waals surface area contributed by atoms with Gasteiger partial charge in [0.1, 0.15) is 5.65 Å². The zero-order chi connectivity index (χ0) is 17.1. The minimum atomic E-state index is -0.113. The van der Waals surface area contributed by atoms with Crippen LogP contribution < -0.4 is 5.73 Å². The molecule has 3 heterocycles. The summed E-state index contributed by atoms with van der Waals surface area (Å²) >= 11 is 0. The van der Waals surface area contributed by atoms with E-state index in [1.807, 2.05) is 25.3 Å². The van der Waals surface area contributed by atoms with Crippen molar-refractivity contribution < 1.29 is 4.79 Å². The van der Waals surface area contributed by atoms with Crippen molar-refractivity contribution in [2.24, 2.45) is 0 Å². The SMILES string of the molecule is CC(c1c[nH]c2ncccc12)N(C)C(=O)/C=C/c1cnc(N)nc1. The van der Waals surface area contributed by atoms with Crippen LogP contribution in [-0.2, 0) is 4.79 Å². The van der Waals surface area contributed by atoms with Crippen molar-refractivity contribution in [3.63, 3.8) is 0 Å². The van der Waals surface area contributed by atoms with Gasteiger partial charge in [0, 0.05) is 54.4 Å². The lowest BCUT2D eigenvalue weighted by Gasteiger charge is -2.23. The maximum absolute atomic E-state index is 12.4. The molecule has 3 rings (SSSR count). The smallest absolute Gasteiger partial charge is 0.246 e. The van der Waals surface area contributed by atoms with Crippen molar-refractivity contribution in [2.45, 2.75) is 13.0 Å². The van der Waals surface area contributed by atoms with Crippen molar-refractivity contribution in [1.82, 2.24) is 24.8 Å². The Morgan fingerprint density at radius 2 is 2.08 bits per heavy atom. The summed E-state index contributed by atoms with van der Waals surface area (Å²) in [6, 6.07) is 3.78. The number of nitrogens with one attached hydrogen (secondary N) is 1. The van der Waals surface area contributed by atoms with Crippen LogP contribution in [-0.4, -0.2) is 37.8 Å². The van der Waals surface area contributed by atoms with Crippen LogP contribution in [0.15, 0.2) is 43.0 Å². The highest BCUT2D eigenvalue weighted by molar-refractivity contribution is 5.92. The van der Waals surface area contributed by atoms with Gasteiger partial charge < -0.3 is 15.6 Å². The summed E-state index contributed by atoms with van der Waals surface area (Å²) in [4.78, 5) is 29.3. The standard InChI is InChI=1S/C17H18N6O/c1-11(14-10-20-16-13(14)4-3-7-19-16)23(2)15(24)6-5-12-8-21-17(18)22-9-12/h3-11H,1-2H3,(H,19,20)(H2,18,21,22)/b6-5+. The van der Waals surface area contributed by atoms with Crippen molar-refractivity contribution in [2.75, 3.05) is 12.8 Å². The molecule has 0 radical (unpaired) electrons. The number of carbonyl (C=O) groups excluding carboxylic acids is 1. The molecule has 3 aromatic heterocycles. The van der Waals surface area contributed by atoms with Gasteiger partial charge in [-0.1, -0.05) is 0 Å². The number of aromatic nitrogens is 4. The van der Waals surface area contributed by atoms with E-state index in [9.17, 15) is 4.79 Å². The van der Waals surface area contributed by atoms with Crippen LogP contribution in [0.2, 0.25) is 0 Å². The quantitative estimate of drug-likeness (QED) is 0.717. The fourth-order valence-corrected chi connectivity index (χ4v) is 2.44. The number of likely N-dealkylation sites (N-methyl/N-ethyl adjacent to an activating group) is 1. The van der Waals surface area contributed by atoms with Gasteiger partial charge in [0.25, 0.3) is 0 Å². The molecule has 7 heteroatoms. The average Bonchev–Trinajstić information content (AvgIpc) is 3.03. The van der Waals surface area contributed by atoms with Gasteiger partial charge in [-0.05, 0) is 25.1 Å². The van der Waals surface area contributed by atoms with Crippen molar-refractivity contribution in [3.8, 4) is 0 Å². The number of nitrogen functional groups attached to an aromatic ring is 1. The summed E-state index contributed by atoms with van der Waals surface area (Å²) < 4.78 is 0. The Balaban J connectivity index is 1.76. The van der Waals surface area contributed by atoms with Gasteiger partial charge in [0.2, 0.25) is 11.9 Å². The molecule has 0 aliphatic rings. The van der Waals surface area contributed by atoms with E-state index >= 15 is 0 Å². The molecule has 1 atom stereocenters. The van der Waals surface area contributed by atoms with Crippen molar-refractivity contribution in [3.05, 3.63) is 54.1 Å². The Bertz CT molecular complexity index is 883. The van der Waals surface area contributed by atoms with Gasteiger partial charge in [-0.2, -0.15) is 0 Å². The van der Waals surface area contributed by atoms with E-state index in [-0.39, 0.29) is 17.9 Å². The molecule has 7 nitrogen and oxygen atoms in total. The number of nitrogens with two attached hydrogens (primary N) is 1. The Labute approximate surface area is 139 Å². The molecule has 0 saturated carbocycles. The van der Waals surface area contributed by atoms with E-state index in [4.69, 9.17) is 5.73 Å². The summed E-state index contributed by atoms with van der Waals surface area (Å²) in [6.45, 7) is 1.98. The fourth-order valence-electron chi connectivity index (χ4n) is 2.44. The minimum Gasteiger partial charge on any atom is -0.368 e. The summed E-state index contributed by atoms with van der Waals surface area (Å²) in [5.74, 6) is 0.0923. The second-order valence-corrected chi connectivity index (χ2v) is 5.48. The van der Waals surface area contributed by atoms with Crippen LogP contribution in [0.4, 0.5) is 5.95 Å². The fraction of sp³-hybridized carbons (Fsp3) is 0.176. The molecule has 1 unspecified atom stereocenters. The first-order valence-corrected chi connectivity index (χ1v) is 7.50. The molecule has 0 saturated heterocycles. The summed E-state index contributed by atoms with van der Waals surface area (Å²) in [6.07, 6.45) is 9.94. The third-order valence-electron chi connectivity index (χ3n) is 3.97. The van der Waals surface area contributed by atoms with Crippen LogP contribution in [0.3, 0.4) is 0 Å². The molecule has 0 fully saturated rings. The zero-order valence-electron chi connectivity index (χ0n) is 13.5. The van der Waals surface area contributed by atoms with Gasteiger partial charge in [-0.15, -0.1) is 0 Å². The molecule has 0 bridgehead atoms. The average molecular weight is 322 g/mol. The molecule has 0 spiro atoms. The normalized spacial score (nSPS) is 12.6. The third-order valence-corrected chi connectivity index (χ3v) is 3.97. The van der Waals surface area contributed by atoms with Gasteiger partial charge >= 0.3 is 0 Å². The minimum absolute atomic E-state index is 0.0947. The Morgan fingerprint density at radius 1 is 1.33 bits per heavy atom. The van der Waals surface area contributed by atoms with Crippen molar-refractivity contribution >= 4 is 29.0 Å². The Kier molecular flexibility index (Phi) is 4.24. The first-order valence-electron chi connectivity index (χ1n) is 7.50. The second-order valence-electron chi connectivity index (χ2n) is 5.48. The van der Waals surface area contributed by atoms with E-state index in [0.29, 0.717) is 0 Å². The van der Waals surface area contributed by atoms with Crippen molar-refractivity contribution in [1.29, 1.82) is 0 Å². The number of rotatable bonds is 4.